The van der Waals surface area contributed by atoms with Gasteiger partial charge in [-0.15, -0.1) is 0 Å². The van der Waals surface area contributed by atoms with Crippen LogP contribution in [0.3, 0.4) is 0 Å². The van der Waals surface area contributed by atoms with Gasteiger partial charge in [-0.2, -0.15) is 0 Å². The number of piperazine rings is 1. The summed E-state index contributed by atoms with van der Waals surface area (Å²) >= 11 is 0. The molecule has 35 heavy (non-hydrogen) atoms. The first-order valence-electron chi connectivity index (χ1n) is 12.9. The van der Waals surface area contributed by atoms with E-state index in [1.54, 1.807) is 7.11 Å². The van der Waals surface area contributed by atoms with Crippen molar-refractivity contribution in [3.8, 4) is 11.3 Å². The van der Waals surface area contributed by atoms with E-state index in [1.165, 1.54) is 50.1 Å². The minimum absolute atomic E-state index is 0.649. The third kappa shape index (κ3) is 4.79. The standard InChI is InChI=1S/C29H35N5O/c1-35-18-17-31-11-13-32(14-12-31)26-19-27(20-26)34-16-15-33(22-34)25-9-7-24-8-10-28(30-29(24)21-25)23-5-3-2-4-6-23/h2-10,15-16,21,26-27H,11-14,17-20,22H2,1H3. The van der Waals surface area contributed by atoms with Crippen LogP contribution in [0.4, 0.5) is 5.69 Å². The minimum atomic E-state index is 0.649. The van der Waals surface area contributed by atoms with Gasteiger partial charge in [0.2, 0.25) is 0 Å². The predicted molar refractivity (Wildman–Crippen MR) is 142 cm³/mol. The van der Waals surface area contributed by atoms with Gasteiger partial charge in [0.05, 0.1) is 24.5 Å². The van der Waals surface area contributed by atoms with Crippen molar-refractivity contribution in [1.29, 1.82) is 0 Å². The molecule has 1 aliphatic carbocycles. The zero-order chi connectivity index (χ0) is 23.6. The van der Waals surface area contributed by atoms with Crippen LogP contribution in [0.25, 0.3) is 22.2 Å². The van der Waals surface area contributed by atoms with E-state index in [9.17, 15) is 0 Å². The first kappa shape index (κ1) is 22.5. The lowest BCUT2D eigenvalue weighted by Gasteiger charge is -2.49. The van der Waals surface area contributed by atoms with Gasteiger partial charge in [0.1, 0.15) is 0 Å². The van der Waals surface area contributed by atoms with Crippen molar-refractivity contribution in [3.63, 3.8) is 0 Å². The zero-order valence-corrected chi connectivity index (χ0v) is 20.6. The molecule has 0 bridgehead atoms. The number of nitrogens with zero attached hydrogens (tertiary/aromatic N) is 5. The fraction of sp³-hybridized carbons (Fsp3) is 0.414. The molecule has 182 valence electrons. The SMILES string of the molecule is COCCN1CCN(C2CC(N3C=CN(c4ccc5ccc(-c6ccccc6)nc5c4)C3)C2)CC1. The number of methoxy groups -OCH3 is 1. The molecule has 3 aliphatic rings. The average Bonchev–Trinajstić information content (AvgIpc) is 3.37. The lowest BCUT2D eigenvalue weighted by atomic mass is 9.84. The van der Waals surface area contributed by atoms with E-state index >= 15 is 0 Å². The van der Waals surface area contributed by atoms with Gasteiger partial charge in [-0.25, -0.2) is 4.98 Å². The fourth-order valence-corrected chi connectivity index (χ4v) is 5.60. The van der Waals surface area contributed by atoms with Crippen molar-refractivity contribution >= 4 is 16.6 Å². The van der Waals surface area contributed by atoms with E-state index in [1.807, 2.05) is 6.07 Å². The Hall–Kier alpha value is -2.93. The van der Waals surface area contributed by atoms with Crippen molar-refractivity contribution < 1.29 is 4.74 Å². The zero-order valence-electron chi connectivity index (χ0n) is 20.6. The average molecular weight is 470 g/mol. The Morgan fingerprint density at radius 1 is 0.886 bits per heavy atom. The number of rotatable bonds is 7. The summed E-state index contributed by atoms with van der Waals surface area (Å²) in [5.41, 5.74) is 4.43. The molecule has 3 aromatic rings. The monoisotopic (exact) mass is 469 g/mol. The maximum atomic E-state index is 5.23. The van der Waals surface area contributed by atoms with Gasteiger partial charge < -0.3 is 14.5 Å². The van der Waals surface area contributed by atoms with E-state index in [4.69, 9.17) is 9.72 Å². The molecule has 3 heterocycles. The van der Waals surface area contributed by atoms with Crippen LogP contribution in [0.15, 0.2) is 73.1 Å². The summed E-state index contributed by atoms with van der Waals surface area (Å²) in [6, 6.07) is 22.7. The van der Waals surface area contributed by atoms with Crippen LogP contribution < -0.4 is 4.90 Å². The quantitative estimate of drug-likeness (QED) is 0.515. The van der Waals surface area contributed by atoms with E-state index in [0.717, 1.165) is 42.6 Å². The molecular formula is C29H35N5O. The van der Waals surface area contributed by atoms with Crippen LogP contribution in [0.2, 0.25) is 0 Å². The maximum Gasteiger partial charge on any atom is 0.0944 e. The van der Waals surface area contributed by atoms with Gasteiger partial charge in [0.15, 0.2) is 0 Å². The molecule has 1 saturated heterocycles. The molecule has 0 amide bonds. The van der Waals surface area contributed by atoms with Gasteiger partial charge in [0.25, 0.3) is 0 Å². The van der Waals surface area contributed by atoms with E-state index < -0.39 is 0 Å². The summed E-state index contributed by atoms with van der Waals surface area (Å²) in [4.78, 5) is 15.1. The summed E-state index contributed by atoms with van der Waals surface area (Å²) in [5.74, 6) is 0. The Morgan fingerprint density at radius 2 is 1.69 bits per heavy atom. The number of hydrogen-bond acceptors (Lipinski definition) is 6. The lowest BCUT2D eigenvalue weighted by molar-refractivity contribution is 0.0157. The third-order valence-electron chi connectivity index (χ3n) is 7.92. The Labute approximate surface area is 208 Å². The van der Waals surface area contributed by atoms with Crippen molar-refractivity contribution in [2.75, 3.05) is 58.0 Å². The molecule has 2 fully saturated rings. The highest BCUT2D eigenvalue weighted by Gasteiger charge is 2.38. The van der Waals surface area contributed by atoms with E-state index in [0.29, 0.717) is 6.04 Å². The molecule has 0 spiro atoms. The molecule has 1 saturated carbocycles. The number of pyridine rings is 1. The molecule has 0 atom stereocenters. The number of aromatic nitrogens is 1. The van der Waals surface area contributed by atoms with Crippen LogP contribution in [-0.2, 0) is 4.74 Å². The molecule has 2 aromatic carbocycles. The second kappa shape index (κ2) is 9.97. The summed E-state index contributed by atoms with van der Waals surface area (Å²) in [5, 5.41) is 1.18. The fourth-order valence-electron chi connectivity index (χ4n) is 5.60. The summed E-state index contributed by atoms with van der Waals surface area (Å²) in [7, 11) is 1.79. The third-order valence-corrected chi connectivity index (χ3v) is 7.92. The Kier molecular flexibility index (Phi) is 6.42. The van der Waals surface area contributed by atoms with E-state index in [-0.39, 0.29) is 0 Å². The van der Waals surface area contributed by atoms with Crippen molar-refractivity contribution in [1.82, 2.24) is 19.7 Å². The highest BCUT2D eigenvalue weighted by atomic mass is 16.5. The normalized spacial score (nSPS) is 23.2. The van der Waals surface area contributed by atoms with Crippen LogP contribution >= 0.6 is 0 Å². The van der Waals surface area contributed by atoms with Crippen molar-refractivity contribution in [3.05, 3.63) is 73.1 Å². The highest BCUT2D eigenvalue weighted by Crippen LogP contribution is 2.34. The molecule has 6 rings (SSSR count). The largest absolute Gasteiger partial charge is 0.383 e. The molecule has 0 unspecified atom stereocenters. The molecule has 6 heteroatoms. The van der Waals surface area contributed by atoms with Crippen LogP contribution in [0.1, 0.15) is 12.8 Å². The van der Waals surface area contributed by atoms with Crippen molar-refractivity contribution in [2.24, 2.45) is 0 Å². The number of hydrogen-bond donors (Lipinski definition) is 0. The molecule has 2 aliphatic heterocycles. The predicted octanol–water partition coefficient (Wildman–Crippen LogP) is 4.25. The van der Waals surface area contributed by atoms with Gasteiger partial charge >= 0.3 is 0 Å². The van der Waals surface area contributed by atoms with Gasteiger partial charge in [0, 0.05) is 81.0 Å². The second-order valence-corrected chi connectivity index (χ2v) is 10.0. The molecule has 6 nitrogen and oxygen atoms in total. The minimum Gasteiger partial charge on any atom is -0.383 e. The Balaban J connectivity index is 1.05. The second-order valence-electron chi connectivity index (χ2n) is 10.0. The molecule has 0 N–H and O–H groups in total. The summed E-state index contributed by atoms with van der Waals surface area (Å²) in [6.07, 6.45) is 7.05. The summed E-state index contributed by atoms with van der Waals surface area (Å²) in [6.45, 7) is 7.55. The van der Waals surface area contributed by atoms with Gasteiger partial charge in [-0.05, 0) is 31.0 Å². The maximum absolute atomic E-state index is 5.23. The van der Waals surface area contributed by atoms with Gasteiger partial charge in [-0.1, -0.05) is 42.5 Å². The molecular weight excluding hydrogens is 434 g/mol. The van der Waals surface area contributed by atoms with Crippen LogP contribution in [0.5, 0.6) is 0 Å². The number of benzene rings is 2. The smallest absolute Gasteiger partial charge is 0.0944 e. The molecule has 1 aromatic heterocycles. The van der Waals surface area contributed by atoms with Crippen LogP contribution in [-0.4, -0.2) is 84.9 Å². The topological polar surface area (TPSA) is 35.1 Å². The van der Waals surface area contributed by atoms with Crippen molar-refractivity contribution in [2.45, 2.75) is 24.9 Å². The van der Waals surface area contributed by atoms with Gasteiger partial charge in [-0.3, -0.25) is 9.80 Å². The number of ether oxygens (including phenoxy) is 1. The summed E-state index contributed by atoms with van der Waals surface area (Å²) < 4.78 is 5.23. The Morgan fingerprint density at radius 3 is 2.49 bits per heavy atom. The first-order chi connectivity index (χ1) is 17.3. The lowest BCUT2D eigenvalue weighted by Crippen LogP contribution is -2.58. The van der Waals surface area contributed by atoms with E-state index in [2.05, 4.69) is 86.6 Å². The number of anilines is 1. The molecule has 0 radical (unpaired) electrons. The first-order valence-corrected chi connectivity index (χ1v) is 12.9. The number of fused-ring (bicyclic) bond motifs is 1. The highest BCUT2D eigenvalue weighted by molar-refractivity contribution is 5.85. The van der Waals surface area contributed by atoms with Crippen LogP contribution in [0, 0.1) is 0 Å². The Bertz CT molecular complexity index is 1170.